The second-order valence-corrected chi connectivity index (χ2v) is 6.43. The average molecular weight is 327 g/mol. The molecule has 0 fully saturated rings. The summed E-state index contributed by atoms with van der Waals surface area (Å²) >= 11 is 7.64. The minimum atomic E-state index is 0.722. The van der Waals surface area contributed by atoms with Crippen molar-refractivity contribution in [2.75, 3.05) is 0 Å². The van der Waals surface area contributed by atoms with Crippen LogP contribution in [0.1, 0.15) is 5.76 Å². The predicted molar refractivity (Wildman–Crippen MR) is 90.3 cm³/mol. The summed E-state index contributed by atoms with van der Waals surface area (Å²) in [5.74, 6) is 0.794. The van der Waals surface area contributed by atoms with Gasteiger partial charge < -0.3 is 4.52 Å². The maximum Gasteiger partial charge on any atom is 0.134 e. The van der Waals surface area contributed by atoms with E-state index in [2.05, 4.69) is 16.2 Å². The van der Waals surface area contributed by atoms with Crippen LogP contribution in [-0.2, 0) is 0 Å². The second-order valence-electron chi connectivity index (χ2n) is 4.99. The molecule has 0 aliphatic heterocycles. The summed E-state index contributed by atoms with van der Waals surface area (Å²) in [7, 11) is 0. The molecule has 0 saturated heterocycles. The number of thiophene rings is 1. The lowest BCUT2D eigenvalue weighted by molar-refractivity contribution is 0.400. The number of pyridine rings is 1. The highest BCUT2D eigenvalue weighted by atomic mass is 35.5. The average Bonchev–Trinajstić information content (AvgIpc) is 3.11. The Hall–Kier alpha value is -2.17. The predicted octanol–water partition coefficient (Wildman–Crippen LogP) is 5.58. The highest BCUT2D eigenvalue weighted by Gasteiger charge is 2.18. The number of benzene rings is 1. The van der Waals surface area contributed by atoms with Gasteiger partial charge in [0.1, 0.15) is 16.3 Å². The molecule has 22 heavy (non-hydrogen) atoms. The molecule has 0 aliphatic rings. The van der Waals surface area contributed by atoms with Gasteiger partial charge in [0.2, 0.25) is 0 Å². The number of halogens is 1. The number of hydrogen-bond acceptors (Lipinski definition) is 4. The van der Waals surface area contributed by atoms with Gasteiger partial charge in [-0.25, -0.2) is 4.98 Å². The molecule has 1 aromatic carbocycles. The lowest BCUT2D eigenvalue weighted by Crippen LogP contribution is -1.80. The molecule has 0 bridgehead atoms. The van der Waals surface area contributed by atoms with E-state index in [1.807, 2.05) is 49.5 Å². The summed E-state index contributed by atoms with van der Waals surface area (Å²) in [6.07, 6.45) is 1.81. The summed E-state index contributed by atoms with van der Waals surface area (Å²) in [6, 6.07) is 13.8. The van der Waals surface area contributed by atoms with Crippen molar-refractivity contribution in [2.24, 2.45) is 0 Å². The van der Waals surface area contributed by atoms with Crippen LogP contribution in [0.3, 0.4) is 0 Å². The molecule has 3 aromatic heterocycles. The van der Waals surface area contributed by atoms with E-state index in [1.165, 1.54) is 0 Å². The number of hydrogen-bond donors (Lipinski definition) is 0. The van der Waals surface area contributed by atoms with E-state index in [-0.39, 0.29) is 0 Å². The molecule has 4 aromatic rings. The van der Waals surface area contributed by atoms with Gasteiger partial charge in [0, 0.05) is 28.2 Å². The Balaban J connectivity index is 2.03. The van der Waals surface area contributed by atoms with Crippen molar-refractivity contribution in [2.45, 2.75) is 6.92 Å². The molecule has 0 saturated carbocycles. The summed E-state index contributed by atoms with van der Waals surface area (Å²) in [5, 5.41) is 6.01. The van der Waals surface area contributed by atoms with E-state index >= 15 is 0 Å². The first-order valence-corrected chi connectivity index (χ1v) is 7.99. The topological polar surface area (TPSA) is 38.9 Å². The molecule has 4 rings (SSSR count). The SMILES string of the molecule is Cc1cc(-c2sc3ncccc3c2-c2ccc(Cl)cc2)no1. The Bertz CT molecular complexity index is 956. The van der Waals surface area contributed by atoms with Crippen LogP contribution in [0.15, 0.2) is 53.2 Å². The third-order valence-corrected chi connectivity index (χ3v) is 4.85. The quantitative estimate of drug-likeness (QED) is 0.482. The van der Waals surface area contributed by atoms with Gasteiger partial charge in [-0.05, 0) is 36.8 Å². The molecule has 0 atom stereocenters. The fourth-order valence-corrected chi connectivity index (χ4v) is 3.73. The molecule has 0 radical (unpaired) electrons. The normalized spacial score (nSPS) is 11.2. The Labute approximate surface area is 136 Å². The highest BCUT2D eigenvalue weighted by molar-refractivity contribution is 7.22. The Morgan fingerprint density at radius 1 is 1.14 bits per heavy atom. The zero-order valence-electron chi connectivity index (χ0n) is 11.7. The van der Waals surface area contributed by atoms with Gasteiger partial charge in [0.15, 0.2) is 0 Å². The van der Waals surface area contributed by atoms with E-state index in [4.69, 9.17) is 16.1 Å². The summed E-state index contributed by atoms with van der Waals surface area (Å²) < 4.78 is 5.24. The maximum absolute atomic E-state index is 6.01. The van der Waals surface area contributed by atoms with Gasteiger partial charge in [-0.15, -0.1) is 11.3 Å². The van der Waals surface area contributed by atoms with Gasteiger partial charge in [0.25, 0.3) is 0 Å². The third kappa shape index (κ3) is 2.21. The minimum Gasteiger partial charge on any atom is -0.361 e. The van der Waals surface area contributed by atoms with Crippen LogP contribution in [-0.4, -0.2) is 10.1 Å². The molecule has 0 unspecified atom stereocenters. The van der Waals surface area contributed by atoms with Gasteiger partial charge in [-0.3, -0.25) is 0 Å². The van der Waals surface area contributed by atoms with Gasteiger partial charge in [-0.2, -0.15) is 0 Å². The molecule has 0 spiro atoms. The van der Waals surface area contributed by atoms with Crippen molar-refractivity contribution >= 4 is 33.2 Å². The second kappa shape index (κ2) is 5.23. The largest absolute Gasteiger partial charge is 0.361 e. The van der Waals surface area contributed by atoms with Crippen molar-refractivity contribution in [1.29, 1.82) is 0 Å². The number of nitrogens with zero attached hydrogens (tertiary/aromatic N) is 2. The lowest BCUT2D eigenvalue weighted by Gasteiger charge is -2.03. The molecular formula is C17H11ClN2OS. The van der Waals surface area contributed by atoms with Crippen molar-refractivity contribution in [1.82, 2.24) is 10.1 Å². The molecule has 0 N–H and O–H groups in total. The fourth-order valence-electron chi connectivity index (χ4n) is 2.49. The number of rotatable bonds is 2. The smallest absolute Gasteiger partial charge is 0.134 e. The molecule has 108 valence electrons. The number of aromatic nitrogens is 2. The summed E-state index contributed by atoms with van der Waals surface area (Å²) in [6.45, 7) is 1.89. The van der Waals surface area contributed by atoms with Crippen LogP contribution in [0, 0.1) is 6.92 Å². The fraction of sp³-hybridized carbons (Fsp3) is 0.0588. The Morgan fingerprint density at radius 3 is 2.68 bits per heavy atom. The first-order valence-electron chi connectivity index (χ1n) is 6.79. The summed E-state index contributed by atoms with van der Waals surface area (Å²) in [4.78, 5) is 6.52. The van der Waals surface area contributed by atoms with Crippen molar-refractivity contribution in [3.8, 4) is 21.7 Å². The van der Waals surface area contributed by atoms with Crippen LogP contribution in [0.5, 0.6) is 0 Å². The van der Waals surface area contributed by atoms with E-state index in [0.717, 1.165) is 42.7 Å². The van der Waals surface area contributed by atoms with Gasteiger partial charge in [0.05, 0.1) is 4.88 Å². The molecule has 0 amide bonds. The third-order valence-electron chi connectivity index (χ3n) is 3.46. The Kier molecular flexibility index (Phi) is 3.21. The zero-order valence-corrected chi connectivity index (χ0v) is 13.3. The molecular weight excluding hydrogens is 316 g/mol. The van der Waals surface area contributed by atoms with Crippen molar-refractivity contribution in [3.05, 3.63) is 59.4 Å². The van der Waals surface area contributed by atoms with Crippen molar-refractivity contribution in [3.63, 3.8) is 0 Å². The molecule has 3 nitrogen and oxygen atoms in total. The lowest BCUT2D eigenvalue weighted by atomic mass is 10.0. The van der Waals surface area contributed by atoms with Crippen molar-refractivity contribution < 1.29 is 4.52 Å². The van der Waals surface area contributed by atoms with E-state index < -0.39 is 0 Å². The number of fused-ring (bicyclic) bond motifs is 1. The van der Waals surface area contributed by atoms with E-state index in [9.17, 15) is 0 Å². The standard InChI is InChI=1S/C17H11ClN2OS/c1-10-9-14(20-21-10)16-15(11-4-6-12(18)7-5-11)13-3-2-8-19-17(13)22-16/h2-9H,1H3. The molecule has 5 heteroatoms. The van der Waals surface area contributed by atoms with Crippen LogP contribution >= 0.6 is 22.9 Å². The Morgan fingerprint density at radius 2 is 1.95 bits per heavy atom. The van der Waals surface area contributed by atoms with Crippen LogP contribution in [0.2, 0.25) is 5.02 Å². The monoisotopic (exact) mass is 326 g/mol. The zero-order chi connectivity index (χ0) is 15.1. The van der Waals surface area contributed by atoms with Crippen LogP contribution < -0.4 is 0 Å². The maximum atomic E-state index is 6.01. The first-order chi connectivity index (χ1) is 10.7. The number of aryl methyl sites for hydroxylation is 1. The van der Waals surface area contributed by atoms with Crippen LogP contribution in [0.4, 0.5) is 0 Å². The highest BCUT2D eigenvalue weighted by Crippen LogP contribution is 2.43. The van der Waals surface area contributed by atoms with E-state index in [1.54, 1.807) is 11.3 Å². The van der Waals surface area contributed by atoms with Gasteiger partial charge >= 0.3 is 0 Å². The van der Waals surface area contributed by atoms with E-state index in [0.29, 0.717) is 0 Å². The van der Waals surface area contributed by atoms with Gasteiger partial charge in [-0.1, -0.05) is 28.9 Å². The molecule has 0 aliphatic carbocycles. The first kappa shape index (κ1) is 13.5. The van der Waals surface area contributed by atoms with Crippen LogP contribution in [0.25, 0.3) is 31.9 Å². The minimum absolute atomic E-state index is 0.722. The summed E-state index contributed by atoms with van der Waals surface area (Å²) in [5.41, 5.74) is 3.06. The molecule has 3 heterocycles.